The van der Waals surface area contributed by atoms with Gasteiger partial charge in [-0.2, -0.15) is 5.26 Å². The van der Waals surface area contributed by atoms with Gasteiger partial charge in [0.25, 0.3) is 17.7 Å². The van der Waals surface area contributed by atoms with E-state index in [1.807, 2.05) is 6.07 Å². The van der Waals surface area contributed by atoms with Gasteiger partial charge in [0.15, 0.2) is 0 Å². The van der Waals surface area contributed by atoms with Gasteiger partial charge in [0, 0.05) is 37.6 Å². The van der Waals surface area contributed by atoms with E-state index in [4.69, 9.17) is 0 Å². The number of pyridine rings is 1. The van der Waals surface area contributed by atoms with Gasteiger partial charge >= 0.3 is 0 Å². The summed E-state index contributed by atoms with van der Waals surface area (Å²) in [5.74, 6) is -4.49. The van der Waals surface area contributed by atoms with Crippen LogP contribution < -0.4 is 10.6 Å². The number of amides is 3. The van der Waals surface area contributed by atoms with Crippen LogP contribution in [0.2, 0.25) is 0 Å². The Morgan fingerprint density at radius 3 is 2.78 bits per heavy atom. The zero-order valence-corrected chi connectivity index (χ0v) is 21.7. The Morgan fingerprint density at radius 2 is 1.98 bits per heavy atom. The number of hydrogen-bond donors (Lipinski definition) is 2. The SMILES string of the molecule is N#Cc1cc2c(C3=C(c4cnc5ccccn45)C(=O)NC3=O)ccc3c2n1CC(C(=O)N1CCCC(F)(F)C1)NC3. The molecular formula is C29H23F2N7O3. The summed E-state index contributed by atoms with van der Waals surface area (Å²) in [6.45, 7) is -0.0828. The fraction of sp³-hybridized carbons (Fsp3) is 0.276. The Balaban J connectivity index is 1.36. The van der Waals surface area contributed by atoms with Crippen LogP contribution in [0.3, 0.4) is 0 Å². The minimum atomic E-state index is -2.93. The normalized spacial score (nSPS) is 20.4. The third-order valence-corrected chi connectivity index (χ3v) is 8.04. The lowest BCUT2D eigenvalue weighted by Gasteiger charge is -2.34. The average Bonchev–Trinajstić information content (AvgIpc) is 3.58. The number of likely N-dealkylation sites (tertiary alicyclic amines) is 1. The van der Waals surface area contributed by atoms with E-state index >= 15 is 0 Å². The Morgan fingerprint density at radius 1 is 1.15 bits per heavy atom. The number of piperidine rings is 1. The highest BCUT2D eigenvalue weighted by molar-refractivity contribution is 6.49. The maximum absolute atomic E-state index is 14.1. The molecule has 4 aromatic rings. The largest absolute Gasteiger partial charge is 0.335 e. The lowest BCUT2D eigenvalue weighted by Crippen LogP contribution is -2.53. The topological polar surface area (TPSA) is 125 Å². The third-order valence-electron chi connectivity index (χ3n) is 8.04. The van der Waals surface area contributed by atoms with Gasteiger partial charge in [-0.1, -0.05) is 18.2 Å². The second kappa shape index (κ2) is 9.07. The first-order chi connectivity index (χ1) is 19.8. The molecule has 0 saturated carbocycles. The van der Waals surface area contributed by atoms with Crippen LogP contribution in [0.1, 0.15) is 35.4 Å². The lowest BCUT2D eigenvalue weighted by atomic mass is 9.95. The molecule has 1 unspecified atom stereocenters. The van der Waals surface area contributed by atoms with Crippen LogP contribution in [0.5, 0.6) is 0 Å². The van der Waals surface area contributed by atoms with Crippen LogP contribution in [0.25, 0.3) is 27.7 Å². The van der Waals surface area contributed by atoms with Crippen molar-refractivity contribution in [2.75, 3.05) is 13.1 Å². The van der Waals surface area contributed by atoms with E-state index in [9.17, 15) is 28.4 Å². The van der Waals surface area contributed by atoms with Crippen molar-refractivity contribution in [2.24, 2.45) is 0 Å². The third kappa shape index (κ3) is 3.92. The Labute approximate surface area is 231 Å². The predicted molar refractivity (Wildman–Crippen MR) is 143 cm³/mol. The summed E-state index contributed by atoms with van der Waals surface area (Å²) in [5.41, 5.74) is 3.51. The summed E-state index contributed by atoms with van der Waals surface area (Å²) in [6.07, 6.45) is 3.27. The summed E-state index contributed by atoms with van der Waals surface area (Å²) < 4.78 is 31.6. The molecule has 10 nitrogen and oxygen atoms in total. The number of rotatable bonds is 3. The van der Waals surface area contributed by atoms with Crippen LogP contribution in [0.4, 0.5) is 8.78 Å². The molecule has 12 heteroatoms. The van der Waals surface area contributed by atoms with Crippen molar-refractivity contribution in [3.8, 4) is 6.07 Å². The van der Waals surface area contributed by atoms with E-state index < -0.39 is 36.2 Å². The van der Waals surface area contributed by atoms with Crippen molar-refractivity contribution >= 4 is 45.4 Å². The number of aromatic nitrogens is 3. The predicted octanol–water partition coefficient (Wildman–Crippen LogP) is 2.46. The van der Waals surface area contributed by atoms with E-state index in [1.54, 1.807) is 51.7 Å². The van der Waals surface area contributed by atoms with Gasteiger partial charge in [-0.25, -0.2) is 13.8 Å². The molecular weight excluding hydrogens is 532 g/mol. The summed E-state index contributed by atoms with van der Waals surface area (Å²) >= 11 is 0. The molecule has 7 rings (SSSR count). The molecule has 1 atom stereocenters. The van der Waals surface area contributed by atoms with Gasteiger partial charge in [-0.15, -0.1) is 0 Å². The maximum atomic E-state index is 14.1. The molecule has 0 aliphatic carbocycles. The van der Waals surface area contributed by atoms with E-state index in [-0.39, 0.29) is 49.3 Å². The number of fused-ring (bicyclic) bond motifs is 1. The minimum Gasteiger partial charge on any atom is -0.335 e. The van der Waals surface area contributed by atoms with Gasteiger partial charge in [0.05, 0.1) is 35.1 Å². The monoisotopic (exact) mass is 555 g/mol. The van der Waals surface area contributed by atoms with E-state index in [2.05, 4.69) is 21.7 Å². The maximum Gasteiger partial charge on any atom is 0.265 e. The van der Waals surface area contributed by atoms with Crippen molar-refractivity contribution in [3.05, 3.63) is 71.3 Å². The summed E-state index contributed by atoms with van der Waals surface area (Å²) in [4.78, 5) is 45.2. The first-order valence-electron chi connectivity index (χ1n) is 13.2. The van der Waals surface area contributed by atoms with Crippen LogP contribution in [0.15, 0.2) is 48.8 Å². The van der Waals surface area contributed by atoms with Gasteiger partial charge in [0.2, 0.25) is 5.91 Å². The first kappa shape index (κ1) is 25.1. The number of nitrogens with zero attached hydrogens (tertiary/aromatic N) is 5. The van der Waals surface area contributed by atoms with Crippen molar-refractivity contribution < 1.29 is 23.2 Å². The number of imide groups is 1. The second-order valence-electron chi connectivity index (χ2n) is 10.5. The number of hydrogen-bond acceptors (Lipinski definition) is 6. The van der Waals surface area contributed by atoms with Crippen molar-refractivity contribution in [1.29, 1.82) is 5.26 Å². The highest BCUT2D eigenvalue weighted by Gasteiger charge is 2.40. The number of carbonyl (C=O) groups excluding carboxylic acids is 3. The van der Waals surface area contributed by atoms with E-state index in [0.29, 0.717) is 27.8 Å². The molecule has 3 aliphatic rings. The molecule has 1 saturated heterocycles. The second-order valence-corrected chi connectivity index (χ2v) is 10.5. The molecule has 1 aromatic carbocycles. The minimum absolute atomic E-state index is 0.0496. The Hall–Kier alpha value is -4.89. The lowest BCUT2D eigenvalue weighted by molar-refractivity contribution is -0.144. The Kier molecular flexibility index (Phi) is 5.55. The van der Waals surface area contributed by atoms with Crippen molar-refractivity contribution in [3.63, 3.8) is 0 Å². The highest BCUT2D eigenvalue weighted by atomic mass is 19.3. The highest BCUT2D eigenvalue weighted by Crippen LogP contribution is 2.38. The molecule has 1 fully saturated rings. The molecule has 6 heterocycles. The number of benzene rings is 1. The standard InChI is InChI=1S/C29H23F2N7O3/c30-29(31)7-3-8-36(15-29)28(41)20-14-38-17(11-32)10-19-18(6-5-16(12-33-20)25(19)38)23-24(27(40)35-26(23)39)21-13-34-22-4-1-2-9-37(21)22/h1-2,4-6,9-10,13,20,33H,3,7-8,12,14-15H2,(H,35,39,40). The average molecular weight is 556 g/mol. The number of alkyl halides is 2. The molecule has 3 amide bonds. The quantitative estimate of drug-likeness (QED) is 0.375. The first-order valence-corrected chi connectivity index (χ1v) is 13.2. The smallest absolute Gasteiger partial charge is 0.265 e. The van der Waals surface area contributed by atoms with Crippen LogP contribution in [-0.2, 0) is 27.5 Å². The summed E-state index contributed by atoms with van der Waals surface area (Å²) in [7, 11) is 0. The van der Waals surface area contributed by atoms with Gasteiger partial charge in [-0.3, -0.25) is 24.1 Å². The number of halogens is 2. The van der Waals surface area contributed by atoms with Gasteiger partial charge in [0.1, 0.15) is 23.5 Å². The van der Waals surface area contributed by atoms with Crippen LogP contribution in [0, 0.1) is 11.3 Å². The van der Waals surface area contributed by atoms with E-state index in [0.717, 1.165) is 5.56 Å². The number of imidazole rings is 1. The number of nitriles is 1. The van der Waals surface area contributed by atoms with Crippen LogP contribution >= 0.6 is 0 Å². The molecule has 3 aliphatic heterocycles. The molecule has 41 heavy (non-hydrogen) atoms. The molecule has 206 valence electrons. The molecule has 2 N–H and O–H groups in total. The van der Waals surface area contributed by atoms with Gasteiger partial charge in [-0.05, 0) is 35.7 Å². The van der Waals surface area contributed by atoms with Crippen molar-refractivity contribution in [1.82, 2.24) is 29.5 Å². The zero-order valence-electron chi connectivity index (χ0n) is 21.7. The molecule has 0 radical (unpaired) electrons. The Bertz CT molecular complexity index is 1880. The molecule has 0 spiro atoms. The van der Waals surface area contributed by atoms with Crippen LogP contribution in [-0.4, -0.2) is 61.6 Å². The molecule has 0 bridgehead atoms. The van der Waals surface area contributed by atoms with Crippen molar-refractivity contribution in [2.45, 2.75) is 37.9 Å². The zero-order chi connectivity index (χ0) is 28.5. The fourth-order valence-corrected chi connectivity index (χ4v) is 6.19. The number of carbonyl (C=O) groups is 3. The van der Waals surface area contributed by atoms with Gasteiger partial charge < -0.3 is 14.8 Å². The summed E-state index contributed by atoms with van der Waals surface area (Å²) in [6, 6.07) is 11.9. The molecule has 3 aromatic heterocycles. The summed E-state index contributed by atoms with van der Waals surface area (Å²) in [5, 5.41) is 16.2. The van der Waals surface area contributed by atoms with E-state index in [1.165, 1.54) is 4.90 Å². The fourth-order valence-electron chi connectivity index (χ4n) is 6.19. The number of nitrogens with one attached hydrogen (secondary N) is 2.